The Labute approximate surface area is 130 Å². The van der Waals surface area contributed by atoms with Crippen LogP contribution in [-0.2, 0) is 4.74 Å². The lowest BCUT2D eigenvalue weighted by Gasteiger charge is -2.15. The minimum atomic E-state index is 0.464. The summed E-state index contributed by atoms with van der Waals surface area (Å²) in [7, 11) is 0. The summed E-state index contributed by atoms with van der Waals surface area (Å²) in [5, 5.41) is 3.44. The summed E-state index contributed by atoms with van der Waals surface area (Å²) in [6, 6.07) is 6.22. The molecule has 1 aromatic rings. The molecule has 0 aromatic heterocycles. The predicted molar refractivity (Wildman–Crippen MR) is 85.5 cm³/mol. The van der Waals surface area contributed by atoms with Crippen molar-refractivity contribution < 1.29 is 9.47 Å². The van der Waals surface area contributed by atoms with Crippen LogP contribution in [0.1, 0.15) is 31.7 Å². The second kappa shape index (κ2) is 8.01. The second-order valence-corrected chi connectivity index (χ2v) is 6.53. The summed E-state index contributed by atoms with van der Waals surface area (Å²) in [4.78, 5) is 0. The van der Waals surface area contributed by atoms with E-state index in [1.807, 2.05) is 12.1 Å². The highest BCUT2D eigenvalue weighted by Gasteiger charge is 2.14. The maximum Gasteiger partial charge on any atom is 0.122 e. The number of nitrogens with one attached hydrogen (secondary N) is 1. The highest BCUT2D eigenvalue weighted by Crippen LogP contribution is 2.29. The van der Waals surface area contributed by atoms with Crippen molar-refractivity contribution >= 4 is 15.9 Å². The number of rotatable bonds is 7. The minimum absolute atomic E-state index is 0.464. The van der Waals surface area contributed by atoms with E-state index in [9.17, 15) is 0 Å². The topological polar surface area (TPSA) is 30.5 Å². The molecule has 3 nitrogen and oxygen atoms in total. The van der Waals surface area contributed by atoms with Crippen molar-refractivity contribution in [1.29, 1.82) is 0 Å². The van der Waals surface area contributed by atoms with E-state index in [4.69, 9.17) is 9.47 Å². The van der Waals surface area contributed by atoms with Gasteiger partial charge in [-0.3, -0.25) is 0 Å². The Morgan fingerprint density at radius 1 is 1.45 bits per heavy atom. The van der Waals surface area contributed by atoms with Crippen LogP contribution in [-0.4, -0.2) is 32.9 Å². The van der Waals surface area contributed by atoms with Crippen molar-refractivity contribution in [2.45, 2.75) is 26.2 Å². The van der Waals surface area contributed by atoms with E-state index in [1.54, 1.807) is 0 Å². The zero-order valence-corrected chi connectivity index (χ0v) is 13.9. The van der Waals surface area contributed by atoms with E-state index < -0.39 is 0 Å². The van der Waals surface area contributed by atoms with Gasteiger partial charge in [0.05, 0.1) is 6.61 Å². The van der Waals surface area contributed by atoms with E-state index in [0.29, 0.717) is 18.4 Å². The quantitative estimate of drug-likeness (QED) is 0.769. The summed E-state index contributed by atoms with van der Waals surface area (Å²) in [6.07, 6.45) is 1.18. The summed E-state index contributed by atoms with van der Waals surface area (Å²) < 4.78 is 12.4. The van der Waals surface area contributed by atoms with Gasteiger partial charge >= 0.3 is 0 Å². The largest absolute Gasteiger partial charge is 0.492 e. The molecular weight excluding hydrogens is 318 g/mol. The average molecular weight is 342 g/mol. The average Bonchev–Trinajstić information content (AvgIpc) is 2.92. The lowest BCUT2D eigenvalue weighted by Crippen LogP contribution is -2.27. The molecule has 0 bridgehead atoms. The molecule has 0 spiro atoms. The van der Waals surface area contributed by atoms with Gasteiger partial charge in [-0.05, 0) is 42.0 Å². The van der Waals surface area contributed by atoms with Crippen LogP contribution >= 0.6 is 15.9 Å². The number of hydrogen-bond donors (Lipinski definition) is 1. The first kappa shape index (κ1) is 15.8. The van der Waals surface area contributed by atoms with E-state index in [-0.39, 0.29) is 0 Å². The molecule has 1 aliphatic heterocycles. The molecule has 20 heavy (non-hydrogen) atoms. The molecule has 4 heteroatoms. The van der Waals surface area contributed by atoms with Gasteiger partial charge in [0.15, 0.2) is 0 Å². The summed E-state index contributed by atoms with van der Waals surface area (Å²) in [5.41, 5.74) is 1.25. The third-order valence-corrected chi connectivity index (χ3v) is 4.08. The Morgan fingerprint density at radius 2 is 2.30 bits per heavy atom. The summed E-state index contributed by atoms with van der Waals surface area (Å²) >= 11 is 3.52. The first-order chi connectivity index (χ1) is 9.66. The van der Waals surface area contributed by atoms with Crippen LogP contribution < -0.4 is 10.1 Å². The standard InChI is InChI=1S/C16H24BrNO2/c1-12(2)15-9-14(17)3-4-16(15)20-8-6-18-10-13-5-7-19-11-13/h3-4,9,12-13,18H,5-8,10-11H2,1-2H3. The maximum atomic E-state index is 5.90. The van der Waals surface area contributed by atoms with Crippen molar-refractivity contribution in [3.8, 4) is 5.75 Å². The van der Waals surface area contributed by atoms with Crippen molar-refractivity contribution in [1.82, 2.24) is 5.32 Å². The summed E-state index contributed by atoms with van der Waals surface area (Å²) in [5.74, 6) is 2.13. The van der Waals surface area contributed by atoms with Crippen LogP contribution in [0.25, 0.3) is 0 Å². The van der Waals surface area contributed by atoms with Gasteiger partial charge in [0.2, 0.25) is 0 Å². The number of hydrogen-bond acceptors (Lipinski definition) is 3. The van der Waals surface area contributed by atoms with Crippen LogP contribution in [0.4, 0.5) is 0 Å². The molecule has 1 fully saturated rings. The highest BCUT2D eigenvalue weighted by molar-refractivity contribution is 9.10. The molecule has 2 rings (SSSR count). The van der Waals surface area contributed by atoms with E-state index in [0.717, 1.165) is 36.5 Å². The molecule has 1 unspecified atom stereocenters. The molecule has 0 saturated carbocycles. The Balaban J connectivity index is 1.73. The van der Waals surface area contributed by atoms with Crippen molar-refractivity contribution in [3.63, 3.8) is 0 Å². The van der Waals surface area contributed by atoms with E-state index in [2.05, 4.69) is 41.2 Å². The lowest BCUT2D eigenvalue weighted by atomic mass is 10.0. The highest BCUT2D eigenvalue weighted by atomic mass is 79.9. The molecule has 0 radical (unpaired) electrons. The van der Waals surface area contributed by atoms with Gasteiger partial charge in [-0.25, -0.2) is 0 Å². The third-order valence-electron chi connectivity index (χ3n) is 3.59. The number of benzene rings is 1. The van der Waals surface area contributed by atoms with Crippen molar-refractivity contribution in [2.75, 3.05) is 32.9 Å². The van der Waals surface area contributed by atoms with Crippen LogP contribution in [0.5, 0.6) is 5.75 Å². The SMILES string of the molecule is CC(C)c1cc(Br)ccc1OCCNCC1CCOC1. The molecule has 1 aliphatic rings. The zero-order valence-electron chi connectivity index (χ0n) is 12.3. The van der Waals surface area contributed by atoms with E-state index >= 15 is 0 Å². The molecule has 0 amide bonds. The van der Waals surface area contributed by atoms with Crippen LogP contribution in [0, 0.1) is 5.92 Å². The Hall–Kier alpha value is -0.580. The number of ether oxygens (including phenoxy) is 2. The van der Waals surface area contributed by atoms with Gasteiger partial charge < -0.3 is 14.8 Å². The molecule has 1 atom stereocenters. The molecule has 1 saturated heterocycles. The molecule has 0 aliphatic carbocycles. The van der Waals surface area contributed by atoms with Gasteiger partial charge in [-0.15, -0.1) is 0 Å². The van der Waals surface area contributed by atoms with Crippen molar-refractivity contribution in [2.24, 2.45) is 5.92 Å². The van der Waals surface area contributed by atoms with Gasteiger partial charge in [0, 0.05) is 24.2 Å². The number of halogens is 1. The Bertz CT molecular complexity index is 417. The maximum absolute atomic E-state index is 5.90. The minimum Gasteiger partial charge on any atom is -0.492 e. The van der Waals surface area contributed by atoms with Crippen LogP contribution in [0.3, 0.4) is 0 Å². The monoisotopic (exact) mass is 341 g/mol. The van der Waals surface area contributed by atoms with Gasteiger partial charge in [-0.2, -0.15) is 0 Å². The fourth-order valence-electron chi connectivity index (χ4n) is 2.39. The molecule has 1 heterocycles. The fraction of sp³-hybridized carbons (Fsp3) is 0.625. The summed E-state index contributed by atoms with van der Waals surface area (Å²) in [6.45, 7) is 8.80. The van der Waals surface area contributed by atoms with Gasteiger partial charge in [0.25, 0.3) is 0 Å². The van der Waals surface area contributed by atoms with Crippen LogP contribution in [0.2, 0.25) is 0 Å². The smallest absolute Gasteiger partial charge is 0.122 e. The molecule has 1 N–H and O–H groups in total. The Kier molecular flexibility index (Phi) is 6.33. The van der Waals surface area contributed by atoms with Crippen LogP contribution in [0.15, 0.2) is 22.7 Å². The predicted octanol–water partition coefficient (Wildman–Crippen LogP) is 3.58. The Morgan fingerprint density at radius 3 is 3.00 bits per heavy atom. The van der Waals surface area contributed by atoms with E-state index in [1.165, 1.54) is 12.0 Å². The molecule has 112 valence electrons. The zero-order chi connectivity index (χ0) is 14.4. The first-order valence-corrected chi connectivity index (χ1v) is 8.17. The van der Waals surface area contributed by atoms with Crippen molar-refractivity contribution in [3.05, 3.63) is 28.2 Å². The molecular formula is C16H24BrNO2. The normalized spacial score (nSPS) is 18.7. The van der Waals surface area contributed by atoms with Gasteiger partial charge in [0.1, 0.15) is 12.4 Å². The fourth-order valence-corrected chi connectivity index (χ4v) is 2.76. The van der Waals surface area contributed by atoms with Gasteiger partial charge in [-0.1, -0.05) is 29.8 Å². The molecule has 1 aromatic carbocycles. The first-order valence-electron chi connectivity index (χ1n) is 7.37. The lowest BCUT2D eigenvalue weighted by molar-refractivity contribution is 0.185. The third kappa shape index (κ3) is 4.76. The second-order valence-electron chi connectivity index (χ2n) is 5.62.